The number of likely N-dealkylation sites (N-methyl/N-ethyl adjacent to an activating group) is 1. The summed E-state index contributed by atoms with van der Waals surface area (Å²) in [7, 11) is 0. The van der Waals surface area contributed by atoms with Gasteiger partial charge in [-0.05, 0) is 44.7 Å². The van der Waals surface area contributed by atoms with Gasteiger partial charge in [0.1, 0.15) is 0 Å². The average Bonchev–Trinajstić information content (AvgIpc) is 2.57. The number of likely N-dealkylation sites (tertiary alicyclic amines) is 1. The molecule has 0 aromatic carbocycles. The maximum atomic E-state index is 3.71. The minimum atomic E-state index is 0.830. The molecular weight excluding hydrogens is 172 g/mol. The summed E-state index contributed by atoms with van der Waals surface area (Å²) in [4.78, 5) is 2.62. The van der Waals surface area contributed by atoms with Crippen molar-refractivity contribution in [1.29, 1.82) is 0 Å². The van der Waals surface area contributed by atoms with E-state index in [-0.39, 0.29) is 0 Å². The first-order valence-electron chi connectivity index (χ1n) is 6.27. The first-order valence-corrected chi connectivity index (χ1v) is 6.27. The molecule has 0 amide bonds. The molecule has 2 heteroatoms. The molecule has 1 aliphatic carbocycles. The van der Waals surface area contributed by atoms with E-state index in [4.69, 9.17) is 0 Å². The normalized spacial score (nSPS) is 38.6. The van der Waals surface area contributed by atoms with Crippen molar-refractivity contribution >= 4 is 0 Å². The molecule has 1 saturated carbocycles. The summed E-state index contributed by atoms with van der Waals surface area (Å²) in [5.41, 5.74) is 0. The Balaban J connectivity index is 1.65. The second-order valence-corrected chi connectivity index (χ2v) is 5.11. The molecule has 0 aromatic heterocycles. The predicted molar refractivity (Wildman–Crippen MR) is 60.5 cm³/mol. The van der Waals surface area contributed by atoms with E-state index in [0.29, 0.717) is 0 Å². The number of rotatable bonds is 4. The van der Waals surface area contributed by atoms with Gasteiger partial charge in [0.2, 0.25) is 0 Å². The molecule has 14 heavy (non-hydrogen) atoms. The van der Waals surface area contributed by atoms with Crippen molar-refractivity contribution in [1.82, 2.24) is 10.2 Å². The summed E-state index contributed by atoms with van der Waals surface area (Å²) < 4.78 is 0. The molecule has 1 heterocycles. The Hall–Kier alpha value is -0.0800. The van der Waals surface area contributed by atoms with Crippen molar-refractivity contribution in [2.45, 2.75) is 51.6 Å². The number of nitrogens with one attached hydrogen (secondary N) is 1. The summed E-state index contributed by atoms with van der Waals surface area (Å²) in [6.07, 6.45) is 5.61. The molecule has 2 rings (SSSR count). The van der Waals surface area contributed by atoms with Crippen LogP contribution in [0.5, 0.6) is 0 Å². The molecule has 0 aromatic rings. The molecular formula is C12H24N2. The highest BCUT2D eigenvalue weighted by atomic mass is 15.2. The van der Waals surface area contributed by atoms with Gasteiger partial charge in [0, 0.05) is 18.6 Å². The first kappa shape index (κ1) is 10.4. The molecule has 2 fully saturated rings. The van der Waals surface area contributed by atoms with E-state index in [1.165, 1.54) is 45.3 Å². The zero-order chi connectivity index (χ0) is 9.97. The lowest BCUT2D eigenvalue weighted by molar-refractivity contribution is 0.205. The number of hydrogen-bond acceptors (Lipinski definition) is 2. The number of hydrogen-bond donors (Lipinski definition) is 1. The summed E-state index contributed by atoms with van der Waals surface area (Å²) in [5.74, 6) is 0.971. The van der Waals surface area contributed by atoms with Crippen molar-refractivity contribution < 1.29 is 0 Å². The zero-order valence-corrected chi connectivity index (χ0v) is 9.63. The van der Waals surface area contributed by atoms with E-state index >= 15 is 0 Å². The molecule has 1 aliphatic heterocycles. The van der Waals surface area contributed by atoms with Crippen LogP contribution < -0.4 is 5.32 Å². The summed E-state index contributed by atoms with van der Waals surface area (Å²) >= 11 is 0. The second-order valence-electron chi connectivity index (χ2n) is 5.11. The lowest BCUT2D eigenvalue weighted by Crippen LogP contribution is -2.46. The quantitative estimate of drug-likeness (QED) is 0.738. The minimum Gasteiger partial charge on any atom is -0.312 e. The van der Waals surface area contributed by atoms with Crippen molar-refractivity contribution in [2.24, 2.45) is 5.92 Å². The lowest BCUT2D eigenvalue weighted by Gasteiger charge is -2.35. The third-order valence-electron chi connectivity index (χ3n) is 3.92. The van der Waals surface area contributed by atoms with Gasteiger partial charge in [-0.25, -0.2) is 0 Å². The van der Waals surface area contributed by atoms with Gasteiger partial charge in [-0.15, -0.1) is 0 Å². The van der Waals surface area contributed by atoms with Gasteiger partial charge < -0.3 is 5.32 Å². The van der Waals surface area contributed by atoms with Crippen molar-refractivity contribution in [3.8, 4) is 0 Å². The van der Waals surface area contributed by atoms with E-state index < -0.39 is 0 Å². The predicted octanol–water partition coefficient (Wildman–Crippen LogP) is 1.86. The molecule has 0 bridgehead atoms. The fourth-order valence-electron chi connectivity index (χ4n) is 2.91. The Labute approximate surface area is 88.1 Å². The van der Waals surface area contributed by atoms with Crippen LogP contribution in [0.2, 0.25) is 0 Å². The third kappa shape index (κ3) is 2.29. The molecule has 1 saturated heterocycles. The lowest BCUT2D eigenvalue weighted by atomic mass is 9.82. The largest absolute Gasteiger partial charge is 0.312 e. The first-order chi connectivity index (χ1) is 6.79. The monoisotopic (exact) mass is 196 g/mol. The van der Waals surface area contributed by atoms with Crippen molar-refractivity contribution in [3.63, 3.8) is 0 Å². The fraction of sp³-hybridized carbons (Fsp3) is 1.00. The highest BCUT2D eigenvalue weighted by Crippen LogP contribution is 2.26. The zero-order valence-electron chi connectivity index (χ0n) is 9.63. The highest BCUT2D eigenvalue weighted by Gasteiger charge is 2.27. The molecule has 1 atom stereocenters. The van der Waals surface area contributed by atoms with E-state index in [1.807, 2.05) is 0 Å². The maximum absolute atomic E-state index is 3.71. The van der Waals surface area contributed by atoms with Gasteiger partial charge in [-0.3, -0.25) is 4.90 Å². The van der Waals surface area contributed by atoms with E-state index in [9.17, 15) is 0 Å². The Bertz CT molecular complexity index is 175. The molecule has 2 aliphatic rings. The van der Waals surface area contributed by atoms with Gasteiger partial charge in [-0.1, -0.05) is 13.8 Å². The van der Waals surface area contributed by atoms with Crippen LogP contribution in [0.1, 0.15) is 39.5 Å². The molecule has 0 spiro atoms. The average molecular weight is 196 g/mol. The van der Waals surface area contributed by atoms with Crippen LogP contribution in [-0.4, -0.2) is 36.6 Å². The van der Waals surface area contributed by atoms with Gasteiger partial charge in [0.15, 0.2) is 0 Å². The Morgan fingerprint density at radius 3 is 2.79 bits per heavy atom. The molecule has 1 unspecified atom stereocenters. The molecule has 1 N–H and O–H groups in total. The number of nitrogens with zero attached hydrogens (tertiary/aromatic N) is 1. The SMILES string of the molecule is CCN1CCCC1CNC1CC(C)C1. The third-order valence-corrected chi connectivity index (χ3v) is 3.92. The molecule has 0 radical (unpaired) electrons. The van der Waals surface area contributed by atoms with Crippen LogP contribution in [0.25, 0.3) is 0 Å². The fourth-order valence-corrected chi connectivity index (χ4v) is 2.91. The maximum Gasteiger partial charge on any atom is 0.0221 e. The topological polar surface area (TPSA) is 15.3 Å². The van der Waals surface area contributed by atoms with Crippen molar-refractivity contribution in [2.75, 3.05) is 19.6 Å². The molecule has 82 valence electrons. The summed E-state index contributed by atoms with van der Waals surface area (Å²) in [5, 5.41) is 3.71. The van der Waals surface area contributed by atoms with Gasteiger partial charge >= 0.3 is 0 Å². The minimum absolute atomic E-state index is 0.830. The van der Waals surface area contributed by atoms with Crippen LogP contribution in [0.3, 0.4) is 0 Å². The van der Waals surface area contributed by atoms with E-state index in [0.717, 1.165) is 18.0 Å². The Kier molecular flexibility index (Phi) is 3.45. The second kappa shape index (κ2) is 4.63. The van der Waals surface area contributed by atoms with E-state index in [2.05, 4.69) is 24.1 Å². The van der Waals surface area contributed by atoms with Crippen LogP contribution in [0, 0.1) is 5.92 Å². The summed E-state index contributed by atoms with van der Waals surface area (Å²) in [6.45, 7) is 8.42. The van der Waals surface area contributed by atoms with Gasteiger partial charge in [0.05, 0.1) is 0 Å². The van der Waals surface area contributed by atoms with Crippen LogP contribution in [0.15, 0.2) is 0 Å². The van der Waals surface area contributed by atoms with Crippen LogP contribution in [-0.2, 0) is 0 Å². The van der Waals surface area contributed by atoms with Crippen LogP contribution >= 0.6 is 0 Å². The Morgan fingerprint density at radius 2 is 2.14 bits per heavy atom. The van der Waals surface area contributed by atoms with Gasteiger partial charge in [-0.2, -0.15) is 0 Å². The summed E-state index contributed by atoms with van der Waals surface area (Å²) in [6, 6.07) is 1.67. The smallest absolute Gasteiger partial charge is 0.0221 e. The van der Waals surface area contributed by atoms with Crippen molar-refractivity contribution in [3.05, 3.63) is 0 Å². The molecule has 2 nitrogen and oxygen atoms in total. The Morgan fingerprint density at radius 1 is 1.36 bits per heavy atom. The van der Waals surface area contributed by atoms with E-state index in [1.54, 1.807) is 0 Å². The van der Waals surface area contributed by atoms with Gasteiger partial charge in [0.25, 0.3) is 0 Å². The highest BCUT2D eigenvalue weighted by molar-refractivity contribution is 4.86. The van der Waals surface area contributed by atoms with Crippen LogP contribution in [0.4, 0.5) is 0 Å². The standard InChI is InChI=1S/C12H24N2/c1-3-14-6-4-5-12(14)9-13-11-7-10(2)8-11/h10-13H,3-9H2,1-2H3.